The minimum atomic E-state index is -3.49. The van der Waals surface area contributed by atoms with Gasteiger partial charge in [0.1, 0.15) is 5.58 Å². The van der Waals surface area contributed by atoms with Gasteiger partial charge in [-0.1, -0.05) is 29.8 Å². The van der Waals surface area contributed by atoms with E-state index in [0.29, 0.717) is 43.2 Å². The Morgan fingerprint density at radius 1 is 0.933 bits per heavy atom. The molecule has 1 aromatic heterocycles. The van der Waals surface area contributed by atoms with Gasteiger partial charge in [0.2, 0.25) is 10.0 Å². The minimum absolute atomic E-state index is 0.332. The van der Waals surface area contributed by atoms with Crippen LogP contribution in [0.1, 0.15) is 22.3 Å². The lowest BCUT2D eigenvalue weighted by atomic mass is 10.0. The number of hydrogen-bond acceptors (Lipinski definition) is 5. The first-order valence-electron chi connectivity index (χ1n) is 10.1. The zero-order valence-electron chi connectivity index (χ0n) is 17.5. The molecule has 0 saturated carbocycles. The van der Waals surface area contributed by atoms with E-state index in [1.54, 1.807) is 22.5 Å². The van der Waals surface area contributed by atoms with Gasteiger partial charge in [0, 0.05) is 44.2 Å². The smallest absolute Gasteiger partial charge is 0.336 e. The first-order valence-corrected chi connectivity index (χ1v) is 11.5. The van der Waals surface area contributed by atoms with Crippen LogP contribution in [0.2, 0.25) is 0 Å². The number of sulfonamides is 1. The molecule has 0 bridgehead atoms. The van der Waals surface area contributed by atoms with E-state index in [1.807, 2.05) is 45.0 Å². The minimum Gasteiger partial charge on any atom is -0.422 e. The Labute approximate surface area is 176 Å². The van der Waals surface area contributed by atoms with Gasteiger partial charge >= 0.3 is 5.63 Å². The van der Waals surface area contributed by atoms with E-state index in [1.165, 1.54) is 0 Å². The van der Waals surface area contributed by atoms with Crippen LogP contribution in [-0.2, 0) is 16.6 Å². The van der Waals surface area contributed by atoms with Gasteiger partial charge in [0.15, 0.2) is 0 Å². The molecule has 1 aliphatic rings. The fourth-order valence-electron chi connectivity index (χ4n) is 3.88. The van der Waals surface area contributed by atoms with Crippen molar-refractivity contribution in [1.82, 2.24) is 9.21 Å². The summed E-state index contributed by atoms with van der Waals surface area (Å²) >= 11 is 0. The van der Waals surface area contributed by atoms with Crippen LogP contribution >= 0.6 is 0 Å². The molecule has 0 aliphatic carbocycles. The number of fused-ring (bicyclic) bond motifs is 1. The van der Waals surface area contributed by atoms with Crippen molar-refractivity contribution in [3.63, 3.8) is 0 Å². The summed E-state index contributed by atoms with van der Waals surface area (Å²) in [5.74, 6) is 0. The Morgan fingerprint density at radius 3 is 2.27 bits per heavy atom. The van der Waals surface area contributed by atoms with Gasteiger partial charge in [-0.3, -0.25) is 4.90 Å². The second kappa shape index (κ2) is 7.98. The highest BCUT2D eigenvalue weighted by Gasteiger charge is 2.28. The van der Waals surface area contributed by atoms with E-state index in [-0.39, 0.29) is 5.63 Å². The monoisotopic (exact) mass is 426 g/mol. The van der Waals surface area contributed by atoms with E-state index in [4.69, 9.17) is 4.42 Å². The molecule has 0 spiro atoms. The lowest BCUT2D eigenvalue weighted by Gasteiger charge is -2.34. The normalized spacial score (nSPS) is 16.2. The van der Waals surface area contributed by atoms with Crippen molar-refractivity contribution in [2.45, 2.75) is 32.2 Å². The molecule has 0 atom stereocenters. The summed E-state index contributed by atoms with van der Waals surface area (Å²) in [6.07, 6.45) is 0. The molecule has 7 heteroatoms. The van der Waals surface area contributed by atoms with Crippen molar-refractivity contribution in [2.24, 2.45) is 0 Å². The molecule has 0 amide bonds. The standard InChI is InChI=1S/C23H26N2O4S/c1-16-4-7-20(8-5-16)30(27,28)25-12-10-24(11-13-25)15-19-14-22(26)29-23-18(3)17(2)6-9-21(19)23/h4-9,14H,10-13,15H2,1-3H3. The van der Waals surface area contributed by atoms with Crippen LogP contribution in [0.5, 0.6) is 0 Å². The third-order valence-electron chi connectivity index (χ3n) is 5.90. The van der Waals surface area contributed by atoms with Crippen LogP contribution in [0.4, 0.5) is 0 Å². The third-order valence-corrected chi connectivity index (χ3v) is 7.81. The number of piperazine rings is 1. The average Bonchev–Trinajstić information content (AvgIpc) is 2.72. The summed E-state index contributed by atoms with van der Waals surface area (Å²) in [4.78, 5) is 14.6. The molecule has 158 valence electrons. The van der Waals surface area contributed by atoms with Crippen molar-refractivity contribution in [3.8, 4) is 0 Å². The van der Waals surface area contributed by atoms with E-state index >= 15 is 0 Å². The number of nitrogens with zero attached hydrogens (tertiary/aromatic N) is 2. The van der Waals surface area contributed by atoms with Crippen molar-refractivity contribution in [2.75, 3.05) is 26.2 Å². The van der Waals surface area contributed by atoms with Crippen LogP contribution in [0.25, 0.3) is 11.0 Å². The van der Waals surface area contributed by atoms with E-state index in [9.17, 15) is 13.2 Å². The maximum atomic E-state index is 12.9. The fraction of sp³-hybridized carbons (Fsp3) is 0.348. The Balaban J connectivity index is 1.51. The molecule has 0 N–H and O–H groups in total. The summed E-state index contributed by atoms with van der Waals surface area (Å²) in [5, 5.41) is 0.937. The maximum absolute atomic E-state index is 12.9. The molecule has 2 aromatic carbocycles. The summed E-state index contributed by atoms with van der Waals surface area (Å²) in [6.45, 7) is 8.54. The van der Waals surface area contributed by atoms with Gasteiger partial charge in [0.25, 0.3) is 0 Å². The fourth-order valence-corrected chi connectivity index (χ4v) is 5.31. The Kier molecular flexibility index (Phi) is 5.53. The quantitative estimate of drug-likeness (QED) is 0.599. The van der Waals surface area contributed by atoms with E-state index in [0.717, 1.165) is 27.6 Å². The van der Waals surface area contributed by atoms with Crippen LogP contribution < -0.4 is 5.63 Å². The Hall–Kier alpha value is -2.48. The van der Waals surface area contributed by atoms with Gasteiger partial charge in [-0.2, -0.15) is 4.31 Å². The van der Waals surface area contributed by atoms with E-state index < -0.39 is 10.0 Å². The third kappa shape index (κ3) is 3.93. The molecule has 1 saturated heterocycles. The van der Waals surface area contributed by atoms with Gasteiger partial charge in [-0.05, 0) is 49.6 Å². The van der Waals surface area contributed by atoms with Crippen LogP contribution in [0.15, 0.2) is 56.6 Å². The number of benzene rings is 2. The molecule has 0 radical (unpaired) electrons. The predicted molar refractivity (Wildman–Crippen MR) is 117 cm³/mol. The van der Waals surface area contributed by atoms with Crippen molar-refractivity contribution in [3.05, 3.63) is 75.1 Å². The molecule has 30 heavy (non-hydrogen) atoms. The molecule has 2 heterocycles. The molecular weight excluding hydrogens is 400 g/mol. The average molecular weight is 427 g/mol. The lowest BCUT2D eigenvalue weighted by Crippen LogP contribution is -2.48. The first-order chi connectivity index (χ1) is 14.3. The van der Waals surface area contributed by atoms with E-state index in [2.05, 4.69) is 4.90 Å². The lowest BCUT2D eigenvalue weighted by molar-refractivity contribution is 0.182. The topological polar surface area (TPSA) is 70.8 Å². The molecule has 4 rings (SSSR count). The largest absolute Gasteiger partial charge is 0.422 e. The molecule has 0 unspecified atom stereocenters. The zero-order valence-corrected chi connectivity index (χ0v) is 18.3. The van der Waals surface area contributed by atoms with Gasteiger partial charge in [0.05, 0.1) is 4.90 Å². The summed E-state index contributed by atoms with van der Waals surface area (Å²) in [5.41, 5.74) is 4.28. The highest BCUT2D eigenvalue weighted by molar-refractivity contribution is 7.89. The highest BCUT2D eigenvalue weighted by Crippen LogP contribution is 2.25. The van der Waals surface area contributed by atoms with Gasteiger partial charge in [-0.25, -0.2) is 13.2 Å². The molecular formula is C23H26N2O4S. The Bertz CT molecular complexity index is 1240. The second-order valence-electron chi connectivity index (χ2n) is 7.97. The van der Waals surface area contributed by atoms with Gasteiger partial charge < -0.3 is 4.42 Å². The van der Waals surface area contributed by atoms with Crippen molar-refractivity contribution in [1.29, 1.82) is 0 Å². The second-order valence-corrected chi connectivity index (χ2v) is 9.91. The maximum Gasteiger partial charge on any atom is 0.336 e. The number of hydrogen-bond donors (Lipinski definition) is 0. The SMILES string of the molecule is Cc1ccc(S(=O)(=O)N2CCN(Cc3cc(=O)oc4c(C)c(C)ccc34)CC2)cc1. The molecule has 1 fully saturated rings. The van der Waals surface area contributed by atoms with Crippen molar-refractivity contribution < 1.29 is 12.8 Å². The zero-order chi connectivity index (χ0) is 21.5. The van der Waals surface area contributed by atoms with Crippen LogP contribution in [0, 0.1) is 20.8 Å². The molecule has 1 aliphatic heterocycles. The number of aryl methyl sites for hydroxylation is 3. The summed E-state index contributed by atoms with van der Waals surface area (Å²) < 4.78 is 32.8. The van der Waals surface area contributed by atoms with Gasteiger partial charge in [-0.15, -0.1) is 0 Å². The summed E-state index contributed by atoms with van der Waals surface area (Å²) in [6, 6.07) is 12.5. The predicted octanol–water partition coefficient (Wildman–Crippen LogP) is 3.22. The Morgan fingerprint density at radius 2 is 1.60 bits per heavy atom. The first kappa shape index (κ1) is 20.8. The number of rotatable bonds is 4. The van der Waals surface area contributed by atoms with Crippen molar-refractivity contribution >= 4 is 21.0 Å². The highest BCUT2D eigenvalue weighted by atomic mass is 32.2. The van der Waals surface area contributed by atoms with Crippen LogP contribution in [0.3, 0.4) is 0 Å². The van der Waals surface area contributed by atoms with Crippen LogP contribution in [-0.4, -0.2) is 43.8 Å². The summed E-state index contributed by atoms with van der Waals surface area (Å²) in [7, 11) is -3.49. The molecule has 3 aromatic rings. The molecule has 6 nitrogen and oxygen atoms in total.